The van der Waals surface area contributed by atoms with Crippen molar-refractivity contribution in [3.05, 3.63) is 53.8 Å². The van der Waals surface area contributed by atoms with Crippen molar-refractivity contribution in [3.8, 4) is 5.75 Å². The number of aliphatic imine (C=N–C) groups is 1. The third-order valence-corrected chi connectivity index (χ3v) is 5.76. The molecule has 0 bridgehead atoms. The molecule has 0 atom stereocenters. The molecule has 2 aliphatic rings. The second-order valence-corrected chi connectivity index (χ2v) is 7.69. The zero-order valence-electron chi connectivity index (χ0n) is 15.7. The molecule has 6 heteroatoms. The van der Waals surface area contributed by atoms with Gasteiger partial charge >= 0.3 is 0 Å². The van der Waals surface area contributed by atoms with Gasteiger partial charge in [0.25, 0.3) is 0 Å². The Morgan fingerprint density at radius 3 is 2.68 bits per heavy atom. The first-order valence-corrected chi connectivity index (χ1v) is 9.85. The van der Waals surface area contributed by atoms with Gasteiger partial charge in [0.1, 0.15) is 11.5 Å². The number of hydrogen-bond donors (Lipinski definition) is 3. The van der Waals surface area contributed by atoms with Crippen LogP contribution < -0.4 is 10.6 Å². The van der Waals surface area contributed by atoms with Crippen molar-refractivity contribution in [2.24, 2.45) is 16.8 Å². The summed E-state index contributed by atoms with van der Waals surface area (Å²) in [6.07, 6.45) is 4.52. The van der Waals surface area contributed by atoms with Gasteiger partial charge in [0, 0.05) is 24.4 Å². The minimum absolute atomic E-state index is 0.00115. The highest BCUT2D eigenvalue weighted by atomic mass is 19.1. The number of carbonyl (C=O) groups excluding carboxylic acids is 1. The molecular formula is C22H25FN3O2+. The third-order valence-electron chi connectivity index (χ3n) is 5.76. The quantitative estimate of drug-likeness (QED) is 0.548. The molecule has 1 aliphatic heterocycles. The number of amides is 1. The summed E-state index contributed by atoms with van der Waals surface area (Å²) in [7, 11) is 0. The minimum atomic E-state index is -0.285. The van der Waals surface area contributed by atoms with Crippen molar-refractivity contribution >= 4 is 23.1 Å². The van der Waals surface area contributed by atoms with Crippen LogP contribution in [0.2, 0.25) is 0 Å². The lowest BCUT2D eigenvalue weighted by atomic mass is 9.80. The normalized spacial score (nSPS) is 21.1. The molecule has 146 valence electrons. The maximum atomic E-state index is 13.7. The largest absolute Gasteiger partial charge is 0.503 e. The van der Waals surface area contributed by atoms with E-state index in [9.17, 15) is 14.3 Å². The number of aromatic hydroxyl groups is 1. The van der Waals surface area contributed by atoms with Gasteiger partial charge < -0.3 is 10.4 Å². The number of phenols is 1. The summed E-state index contributed by atoms with van der Waals surface area (Å²) in [5.41, 5.74) is 2.15. The molecule has 1 amide bonds. The van der Waals surface area contributed by atoms with Gasteiger partial charge in [0.15, 0.2) is 5.75 Å². The van der Waals surface area contributed by atoms with E-state index in [1.165, 1.54) is 6.07 Å². The van der Waals surface area contributed by atoms with Crippen LogP contribution in [0.25, 0.3) is 0 Å². The first-order valence-electron chi connectivity index (χ1n) is 9.85. The van der Waals surface area contributed by atoms with Crippen LogP contribution in [0.15, 0.2) is 47.5 Å². The van der Waals surface area contributed by atoms with Crippen LogP contribution in [0, 0.1) is 17.7 Å². The summed E-state index contributed by atoms with van der Waals surface area (Å²) in [5.74, 6) is 1.51. The monoisotopic (exact) mass is 382 g/mol. The lowest BCUT2D eigenvalue weighted by Crippen LogP contribution is -2.80. The number of hydrogen-bond acceptors (Lipinski definition) is 3. The fraction of sp³-hybridized carbons (Fsp3) is 0.364. The highest BCUT2D eigenvalue weighted by Crippen LogP contribution is 2.35. The Morgan fingerprint density at radius 1 is 1.14 bits per heavy atom. The Morgan fingerprint density at radius 2 is 1.93 bits per heavy atom. The molecular weight excluding hydrogens is 357 g/mol. The molecule has 5 nitrogen and oxygen atoms in total. The minimum Gasteiger partial charge on any atom is -0.503 e. The lowest BCUT2D eigenvalue weighted by molar-refractivity contribution is -0.442. The Bertz CT molecular complexity index is 904. The predicted octanol–water partition coefficient (Wildman–Crippen LogP) is 3.28. The van der Waals surface area contributed by atoms with Gasteiger partial charge in [0.05, 0.1) is 0 Å². The van der Waals surface area contributed by atoms with E-state index >= 15 is 0 Å². The third kappa shape index (κ3) is 4.07. The summed E-state index contributed by atoms with van der Waals surface area (Å²) >= 11 is 0. The summed E-state index contributed by atoms with van der Waals surface area (Å²) in [6, 6.07) is 11.9. The molecule has 1 heterocycles. The van der Waals surface area contributed by atoms with Crippen LogP contribution in [0.3, 0.4) is 0 Å². The van der Waals surface area contributed by atoms with E-state index < -0.39 is 0 Å². The van der Waals surface area contributed by atoms with E-state index in [4.69, 9.17) is 0 Å². The number of carbonyl (C=O) groups is 1. The van der Waals surface area contributed by atoms with Gasteiger partial charge in [0.2, 0.25) is 17.4 Å². The Labute approximate surface area is 163 Å². The van der Waals surface area contributed by atoms with Crippen LogP contribution in [-0.4, -0.2) is 16.8 Å². The molecule has 0 radical (unpaired) electrons. The maximum Gasteiger partial charge on any atom is 0.223 e. The topological polar surface area (TPSA) is 78.3 Å². The Hall–Kier alpha value is -2.73. The molecule has 0 aromatic heterocycles. The number of benzene rings is 2. The summed E-state index contributed by atoms with van der Waals surface area (Å²) in [6.45, 7) is 0.235. The van der Waals surface area contributed by atoms with E-state index in [0.717, 1.165) is 49.3 Å². The molecule has 0 saturated heterocycles. The molecule has 1 saturated carbocycles. The van der Waals surface area contributed by atoms with Gasteiger partial charge in [-0.2, -0.15) is 4.99 Å². The van der Waals surface area contributed by atoms with Gasteiger partial charge in [-0.05, 0) is 49.8 Å². The smallest absolute Gasteiger partial charge is 0.223 e. The van der Waals surface area contributed by atoms with Gasteiger partial charge in [-0.15, -0.1) is 0 Å². The van der Waals surface area contributed by atoms with Crippen molar-refractivity contribution in [2.45, 2.75) is 38.6 Å². The number of quaternary nitrogens is 1. The molecule has 4 N–H and O–H groups in total. The van der Waals surface area contributed by atoms with Crippen molar-refractivity contribution in [3.63, 3.8) is 0 Å². The highest BCUT2D eigenvalue weighted by Gasteiger charge is 2.30. The molecule has 1 aliphatic carbocycles. The van der Waals surface area contributed by atoms with Crippen molar-refractivity contribution in [2.75, 3.05) is 0 Å². The van der Waals surface area contributed by atoms with Crippen LogP contribution >= 0.6 is 0 Å². The molecule has 0 spiro atoms. The Kier molecular flexibility index (Phi) is 5.39. The van der Waals surface area contributed by atoms with E-state index in [1.807, 2.05) is 11.4 Å². The highest BCUT2D eigenvalue weighted by molar-refractivity contribution is 5.87. The maximum absolute atomic E-state index is 13.7. The number of halogens is 1. The van der Waals surface area contributed by atoms with E-state index in [-0.39, 0.29) is 29.9 Å². The summed E-state index contributed by atoms with van der Waals surface area (Å²) < 4.78 is 13.7. The standard InChI is InChI=1S/C22H24FN3O2/c23-17-5-2-1-4-16(17)13-24-22(28)15-10-8-14(9-11-15)12-20-25-18-6-3-7-19(27)21(18)26-20/h1-7,14-15,27H,8-13H2,(H,24,28)(H,25,26)/p+1. The first-order chi connectivity index (χ1) is 13.6. The number of rotatable bonds is 5. The van der Waals surface area contributed by atoms with Gasteiger partial charge in [-0.1, -0.05) is 24.3 Å². The fourth-order valence-corrected chi connectivity index (χ4v) is 4.14. The summed E-state index contributed by atoms with van der Waals surface area (Å²) in [4.78, 5) is 17.0. The number of phenolic OH excluding ortho intramolecular Hbond substituents is 1. The number of amidine groups is 1. The summed E-state index contributed by atoms with van der Waals surface area (Å²) in [5, 5.41) is 14.8. The van der Waals surface area contributed by atoms with Crippen molar-refractivity contribution < 1.29 is 19.6 Å². The molecule has 2 aromatic carbocycles. The molecule has 0 unspecified atom stereocenters. The van der Waals surface area contributed by atoms with Crippen LogP contribution in [0.1, 0.15) is 37.7 Å². The van der Waals surface area contributed by atoms with E-state index in [2.05, 4.69) is 10.3 Å². The van der Waals surface area contributed by atoms with Gasteiger partial charge in [-0.25, -0.2) is 4.39 Å². The van der Waals surface area contributed by atoms with Crippen LogP contribution in [0.5, 0.6) is 5.75 Å². The number of nitrogens with zero attached hydrogens (tertiary/aromatic N) is 1. The van der Waals surface area contributed by atoms with Crippen molar-refractivity contribution in [1.29, 1.82) is 0 Å². The second kappa shape index (κ2) is 8.10. The number of nitrogens with one attached hydrogen (secondary N) is 1. The molecule has 2 aromatic rings. The van der Waals surface area contributed by atoms with Crippen LogP contribution in [-0.2, 0) is 11.3 Å². The van der Waals surface area contributed by atoms with E-state index in [1.54, 1.807) is 30.3 Å². The van der Waals surface area contributed by atoms with Gasteiger partial charge in [-0.3, -0.25) is 10.1 Å². The second-order valence-electron chi connectivity index (χ2n) is 7.69. The van der Waals surface area contributed by atoms with Crippen LogP contribution in [0.4, 0.5) is 15.8 Å². The average molecular weight is 382 g/mol. The average Bonchev–Trinajstić information content (AvgIpc) is 3.12. The van der Waals surface area contributed by atoms with Crippen molar-refractivity contribution in [1.82, 2.24) is 5.32 Å². The predicted molar refractivity (Wildman–Crippen MR) is 105 cm³/mol. The Balaban J connectivity index is 1.24. The lowest BCUT2D eigenvalue weighted by Gasteiger charge is -2.27. The molecule has 4 rings (SSSR count). The number of para-hydroxylation sites is 1. The fourth-order valence-electron chi connectivity index (χ4n) is 4.14. The number of fused-ring (bicyclic) bond motifs is 1. The zero-order chi connectivity index (χ0) is 19.5. The number of nitrogens with two attached hydrogens (primary N) is 1. The first kappa shape index (κ1) is 18.6. The molecule has 28 heavy (non-hydrogen) atoms. The molecule has 1 fully saturated rings. The zero-order valence-corrected chi connectivity index (χ0v) is 15.7. The SMILES string of the molecule is O=C(NCc1ccccc1F)C1CCC(CC2=Nc3cccc(O)c3[NH2+]2)CC1. The van der Waals surface area contributed by atoms with E-state index in [0.29, 0.717) is 11.5 Å².